The van der Waals surface area contributed by atoms with Gasteiger partial charge in [-0.3, -0.25) is 9.59 Å². The van der Waals surface area contributed by atoms with Crippen LogP contribution in [-0.4, -0.2) is 47.5 Å². The maximum absolute atomic E-state index is 12.0. The molecule has 2 rings (SSSR count). The second-order valence-corrected chi connectivity index (χ2v) is 5.87. The summed E-state index contributed by atoms with van der Waals surface area (Å²) >= 11 is 1.86. The number of hydrogen-bond donors (Lipinski definition) is 2. The van der Waals surface area contributed by atoms with Gasteiger partial charge in [0.25, 0.3) is 5.91 Å². The van der Waals surface area contributed by atoms with E-state index in [0.717, 1.165) is 17.9 Å². The molecule has 0 radical (unpaired) electrons. The number of amides is 2. The molecule has 7 heteroatoms. The van der Waals surface area contributed by atoms with E-state index in [2.05, 4.69) is 15.6 Å². The fraction of sp³-hybridized carbons (Fsp3) is 0.500. The van der Waals surface area contributed by atoms with E-state index in [1.54, 1.807) is 18.3 Å². The SMILES string of the molecule is CC(=O)NCCNC(=O)c1ccnc(OC2CCSC2)c1. The van der Waals surface area contributed by atoms with Gasteiger partial charge in [-0.1, -0.05) is 0 Å². The number of rotatable bonds is 6. The molecule has 0 aliphatic carbocycles. The summed E-state index contributed by atoms with van der Waals surface area (Å²) < 4.78 is 5.75. The van der Waals surface area contributed by atoms with E-state index in [1.165, 1.54) is 6.92 Å². The zero-order valence-corrected chi connectivity index (χ0v) is 12.7. The van der Waals surface area contributed by atoms with Crippen molar-refractivity contribution in [1.82, 2.24) is 15.6 Å². The maximum atomic E-state index is 12.0. The van der Waals surface area contributed by atoms with Gasteiger partial charge in [0.05, 0.1) is 0 Å². The first kappa shape index (κ1) is 15.6. The van der Waals surface area contributed by atoms with Crippen LogP contribution in [0.3, 0.4) is 0 Å². The lowest BCUT2D eigenvalue weighted by atomic mass is 10.2. The molecule has 1 atom stereocenters. The van der Waals surface area contributed by atoms with Crippen molar-refractivity contribution in [2.45, 2.75) is 19.4 Å². The highest BCUT2D eigenvalue weighted by molar-refractivity contribution is 7.99. The van der Waals surface area contributed by atoms with Crippen molar-refractivity contribution in [2.75, 3.05) is 24.6 Å². The molecule has 2 heterocycles. The Morgan fingerprint density at radius 1 is 1.43 bits per heavy atom. The number of carbonyl (C=O) groups excluding carboxylic acids is 2. The van der Waals surface area contributed by atoms with Crippen molar-refractivity contribution in [1.29, 1.82) is 0 Å². The lowest BCUT2D eigenvalue weighted by Gasteiger charge is -2.12. The van der Waals surface area contributed by atoms with Crippen molar-refractivity contribution in [3.8, 4) is 5.88 Å². The first-order chi connectivity index (χ1) is 10.1. The zero-order chi connectivity index (χ0) is 15.1. The smallest absolute Gasteiger partial charge is 0.251 e. The Morgan fingerprint density at radius 3 is 2.95 bits per heavy atom. The molecule has 0 bridgehead atoms. The van der Waals surface area contributed by atoms with E-state index >= 15 is 0 Å². The molecule has 114 valence electrons. The Hall–Kier alpha value is -1.76. The molecular weight excluding hydrogens is 290 g/mol. The van der Waals surface area contributed by atoms with Crippen LogP contribution in [0, 0.1) is 0 Å². The predicted molar refractivity (Wildman–Crippen MR) is 81.6 cm³/mol. The Balaban J connectivity index is 1.84. The summed E-state index contributed by atoms with van der Waals surface area (Å²) in [6.07, 6.45) is 2.76. The summed E-state index contributed by atoms with van der Waals surface area (Å²) in [6.45, 7) is 2.24. The molecule has 1 aromatic rings. The van der Waals surface area contributed by atoms with E-state index in [9.17, 15) is 9.59 Å². The molecule has 0 saturated carbocycles. The van der Waals surface area contributed by atoms with Gasteiger partial charge in [0.1, 0.15) is 6.10 Å². The number of carbonyl (C=O) groups is 2. The average Bonchev–Trinajstić information content (AvgIpc) is 2.96. The largest absolute Gasteiger partial charge is 0.473 e. The molecule has 1 fully saturated rings. The van der Waals surface area contributed by atoms with Gasteiger partial charge in [-0.05, 0) is 18.2 Å². The lowest BCUT2D eigenvalue weighted by molar-refractivity contribution is -0.118. The van der Waals surface area contributed by atoms with Gasteiger partial charge < -0.3 is 15.4 Å². The van der Waals surface area contributed by atoms with Crippen LogP contribution in [-0.2, 0) is 4.79 Å². The van der Waals surface area contributed by atoms with Crippen LogP contribution in [0.5, 0.6) is 5.88 Å². The highest BCUT2D eigenvalue weighted by atomic mass is 32.2. The predicted octanol–water partition coefficient (Wildman–Crippen LogP) is 0.832. The number of aromatic nitrogens is 1. The van der Waals surface area contributed by atoms with Gasteiger partial charge in [-0.25, -0.2) is 4.98 Å². The summed E-state index contributed by atoms with van der Waals surface area (Å²) in [6, 6.07) is 3.29. The normalized spacial score (nSPS) is 17.3. The van der Waals surface area contributed by atoms with Crippen molar-refractivity contribution in [2.24, 2.45) is 0 Å². The summed E-state index contributed by atoms with van der Waals surface area (Å²) in [7, 11) is 0. The summed E-state index contributed by atoms with van der Waals surface area (Å²) in [5.41, 5.74) is 0.508. The Bertz CT molecular complexity index is 504. The molecule has 2 amide bonds. The first-order valence-corrected chi connectivity index (χ1v) is 8.03. The second-order valence-electron chi connectivity index (χ2n) is 4.73. The third-order valence-electron chi connectivity index (χ3n) is 2.96. The van der Waals surface area contributed by atoms with Gasteiger partial charge in [-0.15, -0.1) is 0 Å². The fourth-order valence-electron chi connectivity index (χ4n) is 1.91. The standard InChI is InChI=1S/C14H19N3O3S/c1-10(18)15-5-6-17-14(19)11-2-4-16-13(8-11)20-12-3-7-21-9-12/h2,4,8,12H,3,5-7,9H2,1H3,(H,15,18)(H,17,19). The number of ether oxygens (including phenoxy) is 1. The molecule has 1 aliphatic heterocycles. The molecule has 1 aromatic heterocycles. The molecule has 0 aromatic carbocycles. The van der Waals surface area contributed by atoms with Crippen LogP contribution in [0.1, 0.15) is 23.7 Å². The quantitative estimate of drug-likeness (QED) is 0.761. The van der Waals surface area contributed by atoms with E-state index in [1.807, 2.05) is 11.8 Å². The van der Waals surface area contributed by atoms with Gasteiger partial charge >= 0.3 is 0 Å². The molecule has 1 saturated heterocycles. The third kappa shape index (κ3) is 5.26. The number of hydrogen-bond acceptors (Lipinski definition) is 5. The van der Waals surface area contributed by atoms with E-state index in [-0.39, 0.29) is 17.9 Å². The van der Waals surface area contributed by atoms with E-state index in [4.69, 9.17) is 4.74 Å². The van der Waals surface area contributed by atoms with Crippen molar-refractivity contribution < 1.29 is 14.3 Å². The van der Waals surface area contributed by atoms with Crippen molar-refractivity contribution in [3.05, 3.63) is 23.9 Å². The Kier molecular flexibility index (Phi) is 5.86. The topological polar surface area (TPSA) is 80.3 Å². The highest BCUT2D eigenvalue weighted by Gasteiger charge is 2.18. The minimum atomic E-state index is -0.201. The van der Waals surface area contributed by atoms with Gasteiger partial charge in [-0.2, -0.15) is 11.8 Å². The molecule has 6 nitrogen and oxygen atoms in total. The minimum Gasteiger partial charge on any atom is -0.473 e. The Labute approximate surface area is 128 Å². The molecule has 2 N–H and O–H groups in total. The molecule has 21 heavy (non-hydrogen) atoms. The van der Waals surface area contributed by atoms with Crippen LogP contribution < -0.4 is 15.4 Å². The van der Waals surface area contributed by atoms with Crippen LogP contribution in [0.4, 0.5) is 0 Å². The third-order valence-corrected chi connectivity index (χ3v) is 4.09. The van der Waals surface area contributed by atoms with E-state index < -0.39 is 0 Å². The van der Waals surface area contributed by atoms with Gasteiger partial charge in [0, 0.05) is 43.6 Å². The zero-order valence-electron chi connectivity index (χ0n) is 11.9. The summed E-state index contributed by atoms with van der Waals surface area (Å²) in [5.74, 6) is 2.24. The van der Waals surface area contributed by atoms with Crippen LogP contribution in [0.15, 0.2) is 18.3 Å². The lowest BCUT2D eigenvalue weighted by Crippen LogP contribution is -2.33. The Morgan fingerprint density at radius 2 is 2.24 bits per heavy atom. The molecule has 1 unspecified atom stereocenters. The van der Waals surface area contributed by atoms with E-state index in [0.29, 0.717) is 24.5 Å². The summed E-state index contributed by atoms with van der Waals surface area (Å²) in [4.78, 5) is 26.8. The van der Waals surface area contributed by atoms with Gasteiger partial charge in [0.15, 0.2) is 0 Å². The summed E-state index contributed by atoms with van der Waals surface area (Å²) in [5, 5.41) is 5.35. The average molecular weight is 309 g/mol. The van der Waals surface area contributed by atoms with Crippen molar-refractivity contribution in [3.63, 3.8) is 0 Å². The fourth-order valence-corrected chi connectivity index (χ4v) is 3.00. The number of thioether (sulfide) groups is 1. The number of pyridine rings is 1. The monoisotopic (exact) mass is 309 g/mol. The second kappa shape index (κ2) is 7.87. The van der Waals surface area contributed by atoms with Crippen LogP contribution in [0.25, 0.3) is 0 Å². The highest BCUT2D eigenvalue weighted by Crippen LogP contribution is 2.22. The van der Waals surface area contributed by atoms with Crippen LogP contribution in [0.2, 0.25) is 0 Å². The molecular formula is C14H19N3O3S. The molecule has 0 spiro atoms. The first-order valence-electron chi connectivity index (χ1n) is 6.88. The van der Waals surface area contributed by atoms with Gasteiger partial charge in [0.2, 0.25) is 11.8 Å². The maximum Gasteiger partial charge on any atom is 0.251 e. The van der Waals surface area contributed by atoms with Crippen molar-refractivity contribution >= 4 is 23.6 Å². The van der Waals surface area contributed by atoms with Crippen LogP contribution >= 0.6 is 11.8 Å². The minimum absolute atomic E-state index is 0.113. The molecule has 1 aliphatic rings. The number of nitrogens with one attached hydrogen (secondary N) is 2. The number of nitrogens with zero attached hydrogens (tertiary/aromatic N) is 1.